The SMILES string of the molecule is CC1(C)C[C@H](Oc2ccc(-c3ncc(-c4cn[nH]c4)cc3O)nn2)[C@@H](F)C(C)(C)N1.CC1(C)C[C@H](Oc2ccc(-c3ncc(-n4ccnc4)cc3O)nn2)[C@H](F)C(C)(C)N1.Cn1ccc(-c2cnc(-c3ccc(O[C@H]4CC(C)(C)NC(C)(C)[C@H]4F)nn3)c(O)c2)n1. The monoisotopic (exact) mass is 1250 g/mol. The van der Waals surface area contributed by atoms with E-state index in [1.54, 1.807) is 114 Å². The van der Waals surface area contributed by atoms with Crippen molar-refractivity contribution in [3.63, 3.8) is 0 Å². The van der Waals surface area contributed by atoms with Gasteiger partial charge in [-0.05, 0) is 119 Å². The van der Waals surface area contributed by atoms with E-state index in [0.717, 1.165) is 11.1 Å². The van der Waals surface area contributed by atoms with Crippen molar-refractivity contribution in [2.75, 3.05) is 0 Å². The number of H-pyrrole nitrogens is 1. The first-order chi connectivity index (χ1) is 42.8. The van der Waals surface area contributed by atoms with E-state index in [1.165, 1.54) is 0 Å². The number of hydrogen-bond acceptors (Lipinski definition) is 21. The van der Waals surface area contributed by atoms with Crippen molar-refractivity contribution in [1.29, 1.82) is 0 Å². The molecule has 12 heterocycles. The molecular formula is C64H77F3N18O6. The molecule has 12 rings (SSSR count). The van der Waals surface area contributed by atoms with E-state index in [2.05, 4.69) is 81.8 Å². The van der Waals surface area contributed by atoms with Crippen LogP contribution >= 0.6 is 0 Å². The summed E-state index contributed by atoms with van der Waals surface area (Å²) in [4.78, 5) is 16.9. The first-order valence-electron chi connectivity index (χ1n) is 29.7. The number of aryl methyl sites for hydroxylation is 1. The number of aromatic amines is 1. The number of imidazole rings is 1. The molecule has 9 aromatic rings. The third-order valence-corrected chi connectivity index (χ3v) is 15.9. The molecule has 3 saturated heterocycles. The Morgan fingerprint density at radius 2 is 0.901 bits per heavy atom. The summed E-state index contributed by atoms with van der Waals surface area (Å²) >= 11 is 0. The van der Waals surface area contributed by atoms with Crippen LogP contribution in [-0.2, 0) is 7.05 Å². The zero-order valence-electron chi connectivity index (χ0n) is 53.0. The third-order valence-electron chi connectivity index (χ3n) is 15.9. The molecule has 0 bridgehead atoms. The Morgan fingerprint density at radius 1 is 0.484 bits per heavy atom. The van der Waals surface area contributed by atoms with Crippen molar-refractivity contribution in [2.45, 2.75) is 172 Å². The maximum atomic E-state index is 14.9. The van der Waals surface area contributed by atoms with Gasteiger partial charge >= 0.3 is 0 Å². The second-order valence-electron chi connectivity index (χ2n) is 26.8. The van der Waals surface area contributed by atoms with Crippen molar-refractivity contribution >= 4 is 0 Å². The van der Waals surface area contributed by atoms with Crippen LogP contribution < -0.4 is 30.2 Å². The lowest BCUT2D eigenvalue weighted by molar-refractivity contribution is -0.0283. The van der Waals surface area contributed by atoms with Crippen molar-refractivity contribution in [3.05, 3.63) is 117 Å². The van der Waals surface area contributed by atoms with Crippen molar-refractivity contribution in [1.82, 2.24) is 91.0 Å². The van der Waals surface area contributed by atoms with Crippen molar-refractivity contribution in [2.24, 2.45) is 7.05 Å². The van der Waals surface area contributed by atoms with Gasteiger partial charge in [-0.25, -0.2) is 33.1 Å². The van der Waals surface area contributed by atoms with E-state index in [4.69, 9.17) is 14.2 Å². The normalized spacial score (nSPS) is 22.5. The van der Waals surface area contributed by atoms with Crippen LogP contribution in [-0.4, -0.2) is 160 Å². The molecule has 3 aliphatic heterocycles. The molecule has 91 heavy (non-hydrogen) atoms. The highest BCUT2D eigenvalue weighted by Gasteiger charge is 2.50. The number of hydrogen-bond donors (Lipinski definition) is 7. The van der Waals surface area contributed by atoms with Crippen LogP contribution in [0, 0.1) is 0 Å². The minimum Gasteiger partial charge on any atom is -0.506 e. The Kier molecular flexibility index (Phi) is 18.0. The Labute approximate surface area is 524 Å². The lowest BCUT2D eigenvalue weighted by Gasteiger charge is -2.48. The maximum Gasteiger partial charge on any atom is 0.233 e. The van der Waals surface area contributed by atoms with Crippen LogP contribution in [0.4, 0.5) is 13.2 Å². The average molecular weight is 1250 g/mol. The zero-order valence-corrected chi connectivity index (χ0v) is 53.0. The Morgan fingerprint density at radius 3 is 1.25 bits per heavy atom. The van der Waals surface area contributed by atoms with Gasteiger partial charge < -0.3 is 50.0 Å². The number of aromatic nitrogens is 15. The molecule has 0 radical (unpaired) electrons. The van der Waals surface area contributed by atoms with E-state index < -0.39 is 53.4 Å². The van der Waals surface area contributed by atoms with Gasteiger partial charge in [0, 0.05) is 138 Å². The third kappa shape index (κ3) is 15.2. The molecule has 24 nitrogen and oxygen atoms in total. The fourth-order valence-electron chi connectivity index (χ4n) is 12.3. The fourth-order valence-corrected chi connectivity index (χ4v) is 12.3. The molecule has 0 aliphatic carbocycles. The highest BCUT2D eigenvalue weighted by molar-refractivity contribution is 5.70. The lowest BCUT2D eigenvalue weighted by Crippen LogP contribution is -2.66. The number of piperidine rings is 3. The van der Waals surface area contributed by atoms with Gasteiger partial charge in [0.25, 0.3) is 0 Å². The number of rotatable bonds is 12. The summed E-state index contributed by atoms with van der Waals surface area (Å²) in [7, 11) is 1.82. The van der Waals surface area contributed by atoms with Gasteiger partial charge in [-0.3, -0.25) is 9.78 Å². The largest absolute Gasteiger partial charge is 0.506 e. The van der Waals surface area contributed by atoms with E-state index in [0.29, 0.717) is 70.4 Å². The van der Waals surface area contributed by atoms with Crippen LogP contribution in [0.15, 0.2) is 117 Å². The minimum absolute atomic E-state index is 0.0256. The zero-order chi connectivity index (χ0) is 65.4. The molecule has 480 valence electrons. The number of ether oxygens (including phenoxy) is 3. The molecule has 3 fully saturated rings. The molecule has 0 amide bonds. The number of aromatic hydroxyl groups is 3. The number of nitrogens with zero attached hydrogens (tertiary/aromatic N) is 14. The first-order valence-corrected chi connectivity index (χ1v) is 29.7. The van der Waals surface area contributed by atoms with Crippen LogP contribution in [0.25, 0.3) is 62.2 Å². The molecule has 0 aromatic carbocycles. The molecule has 6 atom stereocenters. The molecule has 0 spiro atoms. The quantitative estimate of drug-likeness (QED) is 0.0598. The number of pyridine rings is 3. The van der Waals surface area contributed by atoms with Crippen LogP contribution in [0.1, 0.15) is 102 Å². The molecule has 0 saturated carbocycles. The predicted molar refractivity (Wildman–Crippen MR) is 333 cm³/mol. The van der Waals surface area contributed by atoms with Crippen LogP contribution in [0.5, 0.6) is 34.9 Å². The van der Waals surface area contributed by atoms with E-state index >= 15 is 0 Å². The molecule has 27 heteroatoms. The van der Waals surface area contributed by atoms with Crippen molar-refractivity contribution in [3.8, 4) is 97.1 Å². The molecule has 3 aliphatic rings. The van der Waals surface area contributed by atoms with Gasteiger partial charge in [0.15, 0.2) is 18.5 Å². The van der Waals surface area contributed by atoms with Gasteiger partial charge in [0.2, 0.25) is 17.6 Å². The minimum atomic E-state index is -1.20. The smallest absolute Gasteiger partial charge is 0.233 e. The number of halogens is 3. The Balaban J connectivity index is 0.000000150. The van der Waals surface area contributed by atoms with E-state index in [1.807, 2.05) is 102 Å². The fraction of sp³-hybridized carbons (Fsp3) is 0.438. The molecule has 7 N–H and O–H groups in total. The highest BCUT2D eigenvalue weighted by atomic mass is 19.1. The summed E-state index contributed by atoms with van der Waals surface area (Å²) < 4.78 is 65.7. The van der Waals surface area contributed by atoms with E-state index in [9.17, 15) is 28.5 Å². The maximum absolute atomic E-state index is 14.9. The van der Waals surface area contributed by atoms with Crippen LogP contribution in [0.3, 0.4) is 0 Å². The lowest BCUT2D eigenvalue weighted by atomic mass is 9.79. The Hall–Kier alpha value is -9.21. The predicted octanol–water partition coefficient (Wildman–Crippen LogP) is 9.62. The summed E-state index contributed by atoms with van der Waals surface area (Å²) in [5, 5.41) is 76.6. The van der Waals surface area contributed by atoms with Crippen LogP contribution in [0.2, 0.25) is 0 Å². The molecule has 0 unspecified atom stereocenters. The summed E-state index contributed by atoms with van der Waals surface area (Å²) in [6.45, 7) is 23.1. The van der Waals surface area contributed by atoms with Gasteiger partial charge in [-0.15, -0.1) is 30.6 Å². The van der Waals surface area contributed by atoms with Crippen molar-refractivity contribution < 1.29 is 42.7 Å². The molecular weight excluding hydrogens is 1170 g/mol. The first kappa shape index (κ1) is 64.8. The summed E-state index contributed by atoms with van der Waals surface area (Å²) in [5.41, 5.74) is 2.72. The highest BCUT2D eigenvalue weighted by Crippen LogP contribution is 2.38. The second kappa shape index (κ2) is 25.2. The van der Waals surface area contributed by atoms with E-state index in [-0.39, 0.29) is 51.5 Å². The summed E-state index contributed by atoms with van der Waals surface area (Å²) in [6, 6.07) is 16.4. The Bertz CT molecular complexity index is 3760. The number of alkyl halides is 3. The molecule has 9 aromatic heterocycles. The van der Waals surface area contributed by atoms with Gasteiger partial charge in [0.1, 0.15) is 69.7 Å². The van der Waals surface area contributed by atoms with Gasteiger partial charge in [-0.2, -0.15) is 10.2 Å². The summed E-state index contributed by atoms with van der Waals surface area (Å²) in [6.07, 6.45) is 11.0. The van der Waals surface area contributed by atoms with Gasteiger partial charge in [-0.1, -0.05) is 0 Å². The topological polar surface area (TPSA) is 305 Å². The van der Waals surface area contributed by atoms with Gasteiger partial charge in [0.05, 0.1) is 30.1 Å². The standard InChI is InChI=1S/C22H27FN6O2.2C21H25FN6O2/c1-21(2)11-17(20(23)22(3,4)28-21)31-18-7-6-15(25-26-18)19-16(30)10-13(12-24-19)14-8-9-29(5)27-14;1-20(2)8-16(19(22)21(3,4)28-20)30-17-6-5-14(26-27-17)18-15(29)7-12(9-23-18)13-10-24-25-11-13;1-20(2)10-16(19(22)21(3,4)27-20)30-17-6-5-14(25-26-17)18-15(29)9-13(11-24-18)28-8-7-23-12-28/h6-10,12,17,20,28,30H,11H2,1-5H3;5-7,9-11,16,19,28-29H,8H2,1-4H3,(H,24,25);5-9,11-12,16,19,27,29H,10H2,1-4H3/t17-,20-;16-,19+;16-,19-/m000/s1. The summed E-state index contributed by atoms with van der Waals surface area (Å²) in [5.74, 6) is 0.604. The number of nitrogens with one attached hydrogen (secondary N) is 4. The average Bonchev–Trinajstić information content (AvgIpc) is 1.76. The second-order valence-corrected chi connectivity index (χ2v) is 26.8.